The molecule has 2 atom stereocenters. The summed E-state index contributed by atoms with van der Waals surface area (Å²) in [6, 6.07) is 13.1. The third-order valence-corrected chi connectivity index (χ3v) is 6.58. The molecule has 5 rings (SSSR count). The molecule has 0 spiro atoms. The second kappa shape index (κ2) is 9.83. The van der Waals surface area contributed by atoms with Gasteiger partial charge in [0.1, 0.15) is 19.0 Å². The molecule has 0 saturated carbocycles. The van der Waals surface area contributed by atoms with Gasteiger partial charge in [-0.3, -0.25) is 9.59 Å². The van der Waals surface area contributed by atoms with Gasteiger partial charge in [0.05, 0.1) is 24.8 Å². The second-order valence-corrected chi connectivity index (χ2v) is 9.03. The molecule has 0 radical (unpaired) electrons. The van der Waals surface area contributed by atoms with Crippen LogP contribution in [0.1, 0.15) is 37.8 Å². The first-order chi connectivity index (χ1) is 16.6. The number of benzene rings is 2. The molecule has 3 aliphatic rings. The Morgan fingerprint density at radius 3 is 2.59 bits per heavy atom. The van der Waals surface area contributed by atoms with E-state index in [1.807, 2.05) is 59.2 Å². The highest BCUT2D eigenvalue weighted by molar-refractivity contribution is 5.86. The van der Waals surface area contributed by atoms with E-state index in [9.17, 15) is 9.59 Å². The van der Waals surface area contributed by atoms with Crippen LogP contribution in [-0.4, -0.2) is 62.2 Å². The molecule has 8 heteroatoms. The molecule has 34 heavy (non-hydrogen) atoms. The molecule has 2 aromatic carbocycles. The summed E-state index contributed by atoms with van der Waals surface area (Å²) in [7, 11) is 0. The first-order valence-corrected chi connectivity index (χ1v) is 12.1. The standard InChI is InChI=1S/C26H31N3O5/c1-18(19-9-10-22-23(15-19)33-14-13-32-22)27-25(30)17-29-16-24(26(31)28-11-5-2-6-12-28)34-21-8-4-3-7-20(21)29/h3-4,7-10,15,18,24H,2,5-6,11-14,16-17H2,1H3,(H,27,30)/t18-,24-/m0/s1. The number of ether oxygens (including phenoxy) is 3. The number of nitrogens with zero attached hydrogens (tertiary/aromatic N) is 2. The minimum absolute atomic E-state index is 0.00394. The Balaban J connectivity index is 1.26. The van der Waals surface area contributed by atoms with Gasteiger partial charge in [0.25, 0.3) is 5.91 Å². The molecular weight excluding hydrogens is 434 g/mol. The van der Waals surface area contributed by atoms with E-state index in [4.69, 9.17) is 14.2 Å². The first kappa shape index (κ1) is 22.4. The largest absolute Gasteiger partial charge is 0.486 e. The van der Waals surface area contributed by atoms with Gasteiger partial charge in [0, 0.05) is 13.1 Å². The fourth-order valence-electron chi connectivity index (χ4n) is 4.78. The van der Waals surface area contributed by atoms with Crippen molar-refractivity contribution < 1.29 is 23.8 Å². The highest BCUT2D eigenvalue weighted by Crippen LogP contribution is 2.34. The molecule has 0 unspecified atom stereocenters. The monoisotopic (exact) mass is 465 g/mol. The molecule has 1 saturated heterocycles. The summed E-state index contributed by atoms with van der Waals surface area (Å²) >= 11 is 0. The van der Waals surface area contributed by atoms with Crippen LogP contribution in [0.2, 0.25) is 0 Å². The van der Waals surface area contributed by atoms with E-state index in [-0.39, 0.29) is 24.4 Å². The lowest BCUT2D eigenvalue weighted by molar-refractivity contribution is -0.139. The van der Waals surface area contributed by atoms with Gasteiger partial charge in [-0.15, -0.1) is 0 Å². The summed E-state index contributed by atoms with van der Waals surface area (Å²) in [5.74, 6) is 1.94. The smallest absolute Gasteiger partial charge is 0.265 e. The average molecular weight is 466 g/mol. The SMILES string of the molecule is C[C@H](NC(=O)CN1C[C@@H](C(=O)N2CCCCC2)Oc2ccccc21)c1ccc2c(c1)OCCO2. The summed E-state index contributed by atoms with van der Waals surface area (Å²) in [6.45, 7) is 5.03. The molecule has 8 nitrogen and oxygen atoms in total. The predicted molar refractivity (Wildman–Crippen MR) is 127 cm³/mol. The van der Waals surface area contributed by atoms with Crippen molar-refractivity contribution in [1.82, 2.24) is 10.2 Å². The lowest BCUT2D eigenvalue weighted by Gasteiger charge is -2.38. The molecule has 2 amide bonds. The topological polar surface area (TPSA) is 80.3 Å². The summed E-state index contributed by atoms with van der Waals surface area (Å²) < 4.78 is 17.3. The number of hydrogen-bond acceptors (Lipinski definition) is 6. The Bertz CT molecular complexity index is 1050. The van der Waals surface area contributed by atoms with E-state index in [2.05, 4.69) is 5.32 Å². The Morgan fingerprint density at radius 1 is 1.00 bits per heavy atom. The Labute approximate surface area is 199 Å². The molecule has 1 fully saturated rings. The molecule has 180 valence electrons. The molecular formula is C26H31N3O5. The Kier molecular flexibility index (Phi) is 6.47. The van der Waals surface area contributed by atoms with Gasteiger partial charge in [-0.1, -0.05) is 18.2 Å². The Hall–Kier alpha value is -3.42. The summed E-state index contributed by atoms with van der Waals surface area (Å²) in [5.41, 5.74) is 1.77. The lowest BCUT2D eigenvalue weighted by atomic mass is 10.1. The molecule has 1 N–H and O–H groups in total. The van der Waals surface area contributed by atoms with Crippen molar-refractivity contribution >= 4 is 17.5 Å². The van der Waals surface area contributed by atoms with Gasteiger partial charge >= 0.3 is 0 Å². The first-order valence-electron chi connectivity index (χ1n) is 12.1. The van der Waals surface area contributed by atoms with Crippen LogP contribution < -0.4 is 24.4 Å². The number of carbonyl (C=O) groups is 2. The summed E-state index contributed by atoms with van der Waals surface area (Å²) in [5, 5.41) is 3.08. The normalized spacial score (nSPS) is 20.1. The summed E-state index contributed by atoms with van der Waals surface area (Å²) in [6.07, 6.45) is 2.60. The zero-order valence-corrected chi connectivity index (χ0v) is 19.5. The van der Waals surface area contributed by atoms with E-state index < -0.39 is 6.10 Å². The predicted octanol–water partition coefficient (Wildman–Crippen LogP) is 2.92. The number of hydrogen-bond donors (Lipinski definition) is 1. The van der Waals surface area contributed by atoms with Crippen LogP contribution in [-0.2, 0) is 9.59 Å². The third-order valence-electron chi connectivity index (χ3n) is 6.58. The number of piperidine rings is 1. The molecule has 3 aliphatic heterocycles. The van der Waals surface area contributed by atoms with Crippen LogP contribution >= 0.6 is 0 Å². The fourth-order valence-corrected chi connectivity index (χ4v) is 4.78. The van der Waals surface area contributed by atoms with Crippen LogP contribution in [0.5, 0.6) is 17.2 Å². The molecule has 0 aliphatic carbocycles. The highest BCUT2D eigenvalue weighted by atomic mass is 16.6. The zero-order valence-electron chi connectivity index (χ0n) is 19.5. The number of para-hydroxylation sites is 2. The minimum atomic E-state index is -0.615. The second-order valence-electron chi connectivity index (χ2n) is 9.03. The number of rotatable bonds is 5. The van der Waals surface area contributed by atoms with E-state index in [1.54, 1.807) is 0 Å². The van der Waals surface area contributed by atoms with Crippen molar-refractivity contribution in [2.75, 3.05) is 44.3 Å². The van der Waals surface area contributed by atoms with E-state index in [0.29, 0.717) is 31.3 Å². The summed E-state index contributed by atoms with van der Waals surface area (Å²) in [4.78, 5) is 30.0. The maximum absolute atomic E-state index is 13.1. The third kappa shape index (κ3) is 4.76. The number of anilines is 1. The van der Waals surface area contributed by atoms with E-state index in [1.165, 1.54) is 0 Å². The number of nitrogens with one attached hydrogen (secondary N) is 1. The Morgan fingerprint density at radius 2 is 1.76 bits per heavy atom. The van der Waals surface area contributed by atoms with Crippen molar-refractivity contribution in [3.8, 4) is 17.2 Å². The quantitative estimate of drug-likeness (QED) is 0.732. The van der Waals surface area contributed by atoms with E-state index >= 15 is 0 Å². The maximum atomic E-state index is 13.1. The zero-order chi connectivity index (χ0) is 23.5. The number of amides is 2. The lowest BCUT2D eigenvalue weighted by Crippen LogP contribution is -2.53. The van der Waals surface area contributed by atoms with Gasteiger partial charge in [-0.05, 0) is 56.0 Å². The maximum Gasteiger partial charge on any atom is 0.265 e. The number of likely N-dealkylation sites (tertiary alicyclic amines) is 1. The molecule has 0 aromatic heterocycles. The minimum Gasteiger partial charge on any atom is -0.486 e. The van der Waals surface area contributed by atoms with Crippen LogP contribution in [0.15, 0.2) is 42.5 Å². The van der Waals surface area contributed by atoms with Gasteiger partial charge < -0.3 is 29.3 Å². The highest BCUT2D eigenvalue weighted by Gasteiger charge is 2.34. The average Bonchev–Trinajstić information content (AvgIpc) is 2.88. The van der Waals surface area contributed by atoms with Gasteiger partial charge in [-0.2, -0.15) is 0 Å². The fraction of sp³-hybridized carbons (Fsp3) is 0.462. The van der Waals surface area contributed by atoms with Crippen molar-refractivity contribution in [3.05, 3.63) is 48.0 Å². The van der Waals surface area contributed by atoms with Crippen LogP contribution in [0.25, 0.3) is 0 Å². The van der Waals surface area contributed by atoms with Crippen LogP contribution in [0.4, 0.5) is 5.69 Å². The number of carbonyl (C=O) groups excluding carboxylic acids is 2. The van der Waals surface area contributed by atoms with Crippen molar-refractivity contribution in [2.24, 2.45) is 0 Å². The molecule has 2 aromatic rings. The van der Waals surface area contributed by atoms with Crippen molar-refractivity contribution in [3.63, 3.8) is 0 Å². The van der Waals surface area contributed by atoms with Gasteiger partial charge in [-0.25, -0.2) is 0 Å². The van der Waals surface area contributed by atoms with Crippen LogP contribution in [0, 0.1) is 0 Å². The van der Waals surface area contributed by atoms with E-state index in [0.717, 1.165) is 49.4 Å². The molecule has 0 bridgehead atoms. The van der Waals surface area contributed by atoms with Crippen molar-refractivity contribution in [1.29, 1.82) is 0 Å². The van der Waals surface area contributed by atoms with Gasteiger partial charge in [0.2, 0.25) is 5.91 Å². The van der Waals surface area contributed by atoms with Gasteiger partial charge in [0.15, 0.2) is 17.6 Å². The number of fused-ring (bicyclic) bond motifs is 2. The van der Waals surface area contributed by atoms with Crippen molar-refractivity contribution in [2.45, 2.75) is 38.3 Å². The molecule has 3 heterocycles. The van der Waals surface area contributed by atoms with Crippen LogP contribution in [0.3, 0.4) is 0 Å².